The Kier molecular flexibility index (Phi) is 6.70. The average molecular weight is 337 g/mol. The summed E-state index contributed by atoms with van der Waals surface area (Å²) in [6.45, 7) is -0.497. The molecule has 1 aromatic rings. The maximum atomic E-state index is 12.0. The number of hydrogen-bond donors (Lipinski definition) is 4. The van der Waals surface area contributed by atoms with Gasteiger partial charge in [0.15, 0.2) is 0 Å². The largest absolute Gasteiger partial charge is 0.478 e. The molecule has 0 fully saturated rings. The topological polar surface area (TPSA) is 110 Å². The molecule has 7 nitrogen and oxygen atoms in total. The van der Waals surface area contributed by atoms with Crippen LogP contribution in [0.1, 0.15) is 10.4 Å². The first kappa shape index (κ1) is 17.5. The monoisotopic (exact) mass is 336 g/mol. The molecular formula is C12H14Cl2N2O5. The van der Waals surface area contributed by atoms with Gasteiger partial charge in [-0.2, -0.15) is 0 Å². The number of benzene rings is 1. The standard InChI is InChI=1S/C12H14Cl2N2O5/c13-8-5-7(11(19)20)6-9(14)10(8)15-12(21)16(1-3-17)2-4-18/h5-6,17-18H,1-4H2,(H,15,21)(H,19,20). The SMILES string of the molecule is O=C(O)c1cc(Cl)c(NC(=O)N(CCO)CCO)c(Cl)c1. The summed E-state index contributed by atoms with van der Waals surface area (Å²) in [7, 11) is 0. The zero-order chi connectivity index (χ0) is 16.0. The Balaban J connectivity index is 2.96. The number of carbonyl (C=O) groups is 2. The van der Waals surface area contributed by atoms with Gasteiger partial charge in [-0.05, 0) is 12.1 Å². The van der Waals surface area contributed by atoms with Crippen molar-refractivity contribution in [2.75, 3.05) is 31.6 Å². The number of aliphatic hydroxyl groups is 2. The number of aromatic carboxylic acids is 1. The molecule has 21 heavy (non-hydrogen) atoms. The van der Waals surface area contributed by atoms with Crippen molar-refractivity contribution in [2.45, 2.75) is 0 Å². The fraction of sp³-hybridized carbons (Fsp3) is 0.333. The van der Waals surface area contributed by atoms with E-state index in [1.165, 1.54) is 0 Å². The number of halogens is 2. The molecule has 0 aliphatic carbocycles. The second kappa shape index (κ2) is 8.04. The first-order valence-corrected chi connectivity index (χ1v) is 6.66. The summed E-state index contributed by atoms with van der Waals surface area (Å²) in [6.07, 6.45) is 0. The van der Waals surface area contributed by atoms with Crippen LogP contribution in [-0.4, -0.2) is 58.5 Å². The Morgan fingerprint density at radius 1 is 1.10 bits per heavy atom. The van der Waals surface area contributed by atoms with Gasteiger partial charge in [0.2, 0.25) is 0 Å². The average Bonchev–Trinajstić information content (AvgIpc) is 2.42. The van der Waals surface area contributed by atoms with Crippen LogP contribution in [0.15, 0.2) is 12.1 Å². The predicted octanol–water partition coefficient (Wildman–Crippen LogP) is 1.51. The number of aliphatic hydroxyl groups excluding tert-OH is 2. The number of amides is 2. The molecule has 4 N–H and O–H groups in total. The fourth-order valence-corrected chi connectivity index (χ4v) is 2.14. The van der Waals surface area contributed by atoms with Gasteiger partial charge in [-0.1, -0.05) is 23.2 Å². The molecule has 0 spiro atoms. The van der Waals surface area contributed by atoms with Crippen LogP contribution in [0.25, 0.3) is 0 Å². The van der Waals surface area contributed by atoms with Gasteiger partial charge in [0.1, 0.15) is 0 Å². The van der Waals surface area contributed by atoms with Gasteiger partial charge in [-0.15, -0.1) is 0 Å². The van der Waals surface area contributed by atoms with E-state index in [4.69, 9.17) is 38.5 Å². The van der Waals surface area contributed by atoms with E-state index in [9.17, 15) is 9.59 Å². The highest BCUT2D eigenvalue weighted by Gasteiger charge is 2.18. The predicted molar refractivity (Wildman–Crippen MR) is 78.2 cm³/mol. The van der Waals surface area contributed by atoms with E-state index in [1.54, 1.807) is 0 Å². The normalized spacial score (nSPS) is 10.3. The van der Waals surface area contributed by atoms with Crippen LogP contribution in [0.3, 0.4) is 0 Å². The van der Waals surface area contributed by atoms with Gasteiger partial charge in [0.25, 0.3) is 0 Å². The summed E-state index contributed by atoms with van der Waals surface area (Å²) in [5.74, 6) is -1.20. The van der Waals surface area contributed by atoms with Crippen molar-refractivity contribution < 1.29 is 24.9 Å². The summed E-state index contributed by atoms with van der Waals surface area (Å²) in [6, 6.07) is 1.70. The Morgan fingerprint density at radius 2 is 1.57 bits per heavy atom. The Labute approximate surface area is 130 Å². The van der Waals surface area contributed by atoms with E-state index >= 15 is 0 Å². The molecule has 9 heteroatoms. The number of nitrogens with zero attached hydrogens (tertiary/aromatic N) is 1. The van der Waals surface area contributed by atoms with Crippen molar-refractivity contribution in [2.24, 2.45) is 0 Å². The second-order valence-electron chi connectivity index (χ2n) is 3.98. The second-order valence-corrected chi connectivity index (χ2v) is 4.80. The highest BCUT2D eigenvalue weighted by molar-refractivity contribution is 6.40. The molecule has 1 aromatic carbocycles. The third-order valence-electron chi connectivity index (χ3n) is 2.55. The van der Waals surface area contributed by atoms with Gasteiger partial charge < -0.3 is 25.5 Å². The first-order chi connectivity index (χ1) is 9.90. The van der Waals surface area contributed by atoms with Crippen LogP contribution >= 0.6 is 23.2 Å². The maximum Gasteiger partial charge on any atom is 0.335 e. The number of carboxylic acid groups (broad SMARTS) is 1. The molecule has 0 saturated heterocycles. The Bertz CT molecular complexity index is 509. The zero-order valence-corrected chi connectivity index (χ0v) is 12.4. The minimum Gasteiger partial charge on any atom is -0.478 e. The van der Waals surface area contributed by atoms with Crippen molar-refractivity contribution in [1.29, 1.82) is 0 Å². The lowest BCUT2D eigenvalue weighted by Crippen LogP contribution is -2.39. The summed E-state index contributed by atoms with van der Waals surface area (Å²) in [5.41, 5.74) is -0.0419. The molecule has 0 aliphatic rings. The van der Waals surface area contributed by atoms with Gasteiger partial charge in [0.05, 0.1) is 34.5 Å². The Hall–Kier alpha value is -1.54. The summed E-state index contributed by atoms with van der Waals surface area (Å²) < 4.78 is 0. The molecule has 0 aromatic heterocycles. The molecule has 0 saturated carbocycles. The minimum atomic E-state index is -1.20. The van der Waals surface area contributed by atoms with E-state index in [0.717, 1.165) is 17.0 Å². The van der Waals surface area contributed by atoms with Crippen molar-refractivity contribution in [1.82, 2.24) is 4.90 Å². The van der Waals surface area contributed by atoms with E-state index in [2.05, 4.69) is 5.32 Å². The number of rotatable bonds is 6. The maximum absolute atomic E-state index is 12.0. The van der Waals surface area contributed by atoms with Gasteiger partial charge in [-0.25, -0.2) is 9.59 Å². The van der Waals surface area contributed by atoms with E-state index in [-0.39, 0.29) is 47.6 Å². The molecule has 0 radical (unpaired) electrons. The lowest BCUT2D eigenvalue weighted by atomic mass is 10.2. The summed E-state index contributed by atoms with van der Waals surface area (Å²) in [4.78, 5) is 24.0. The van der Waals surface area contributed by atoms with Crippen LogP contribution in [0.4, 0.5) is 10.5 Å². The highest BCUT2D eigenvalue weighted by Crippen LogP contribution is 2.32. The smallest absolute Gasteiger partial charge is 0.335 e. The quantitative estimate of drug-likeness (QED) is 0.629. The Morgan fingerprint density at radius 3 is 1.95 bits per heavy atom. The van der Waals surface area contributed by atoms with Crippen LogP contribution in [0.2, 0.25) is 10.0 Å². The van der Waals surface area contributed by atoms with Gasteiger partial charge in [-0.3, -0.25) is 0 Å². The van der Waals surface area contributed by atoms with E-state index in [0.29, 0.717) is 0 Å². The lowest BCUT2D eigenvalue weighted by Gasteiger charge is -2.22. The molecule has 0 atom stereocenters. The number of urea groups is 1. The molecule has 116 valence electrons. The molecule has 2 amide bonds. The molecule has 1 rings (SSSR count). The third kappa shape index (κ3) is 4.75. The van der Waals surface area contributed by atoms with Crippen molar-refractivity contribution in [3.05, 3.63) is 27.7 Å². The van der Waals surface area contributed by atoms with E-state index < -0.39 is 12.0 Å². The van der Waals surface area contributed by atoms with Crippen LogP contribution in [-0.2, 0) is 0 Å². The number of hydrogen-bond acceptors (Lipinski definition) is 4. The summed E-state index contributed by atoms with van der Waals surface area (Å²) in [5, 5.41) is 29.0. The molecular weight excluding hydrogens is 323 g/mol. The number of nitrogens with one attached hydrogen (secondary N) is 1. The lowest BCUT2D eigenvalue weighted by molar-refractivity contribution is 0.0697. The van der Waals surface area contributed by atoms with Gasteiger partial charge in [0, 0.05) is 13.1 Å². The van der Waals surface area contributed by atoms with Crippen LogP contribution in [0.5, 0.6) is 0 Å². The zero-order valence-electron chi connectivity index (χ0n) is 10.8. The number of anilines is 1. The molecule has 0 unspecified atom stereocenters. The van der Waals surface area contributed by atoms with Crippen LogP contribution in [0, 0.1) is 0 Å². The number of carboxylic acids is 1. The summed E-state index contributed by atoms with van der Waals surface area (Å²) >= 11 is 11.8. The highest BCUT2D eigenvalue weighted by atomic mass is 35.5. The van der Waals surface area contributed by atoms with E-state index in [1.807, 2.05) is 0 Å². The van der Waals surface area contributed by atoms with Crippen molar-refractivity contribution in [3.63, 3.8) is 0 Å². The molecule has 0 aliphatic heterocycles. The minimum absolute atomic E-state index is 0.0227. The fourth-order valence-electron chi connectivity index (χ4n) is 1.56. The number of carbonyl (C=O) groups excluding carboxylic acids is 1. The van der Waals surface area contributed by atoms with Gasteiger partial charge >= 0.3 is 12.0 Å². The van der Waals surface area contributed by atoms with Crippen molar-refractivity contribution >= 4 is 40.9 Å². The molecule has 0 bridgehead atoms. The van der Waals surface area contributed by atoms with Crippen molar-refractivity contribution in [3.8, 4) is 0 Å². The molecule has 0 heterocycles. The third-order valence-corrected chi connectivity index (χ3v) is 3.14. The first-order valence-electron chi connectivity index (χ1n) is 5.90. The van der Waals surface area contributed by atoms with Crippen LogP contribution < -0.4 is 5.32 Å².